The molecule has 140 valence electrons. The van der Waals surface area contributed by atoms with Gasteiger partial charge >= 0.3 is 0 Å². The van der Waals surface area contributed by atoms with E-state index in [2.05, 4.69) is 21.2 Å². The van der Waals surface area contributed by atoms with Crippen LogP contribution in [0.4, 0.5) is 0 Å². The predicted molar refractivity (Wildman–Crippen MR) is 104 cm³/mol. The fourth-order valence-corrected chi connectivity index (χ4v) is 3.75. The first-order valence-electron chi connectivity index (χ1n) is 9.24. The second-order valence-corrected chi connectivity index (χ2v) is 8.06. The highest BCUT2D eigenvalue weighted by atomic mass is 79.9. The van der Waals surface area contributed by atoms with Crippen LogP contribution < -0.4 is 5.32 Å². The van der Waals surface area contributed by atoms with Crippen LogP contribution in [0.5, 0.6) is 0 Å². The van der Waals surface area contributed by atoms with Crippen LogP contribution >= 0.6 is 15.9 Å². The standard InChI is InChI=1S/C20H30BrNO3/c1-14(2)20(24)18(15-3-5-17(21)6-4-15)7-10-22-19(13-23)16-8-11-25-12-9-16/h3-6,14,16,18-19,22-23H,7-13H2,1-2H3/t18-,19?/m1/s1. The molecule has 1 fully saturated rings. The molecule has 1 aromatic carbocycles. The van der Waals surface area contributed by atoms with E-state index in [1.165, 1.54) is 0 Å². The molecule has 0 aromatic heterocycles. The van der Waals surface area contributed by atoms with Crippen molar-refractivity contribution in [3.63, 3.8) is 0 Å². The van der Waals surface area contributed by atoms with Gasteiger partial charge in [-0.2, -0.15) is 0 Å². The Kier molecular flexibility index (Phi) is 8.56. The van der Waals surface area contributed by atoms with Gasteiger partial charge in [-0.25, -0.2) is 0 Å². The van der Waals surface area contributed by atoms with Gasteiger partial charge in [-0.1, -0.05) is 41.9 Å². The maximum absolute atomic E-state index is 12.7. The normalized spacial score (nSPS) is 18.3. The first-order chi connectivity index (χ1) is 12.0. The van der Waals surface area contributed by atoms with Gasteiger partial charge in [0.05, 0.1) is 6.61 Å². The van der Waals surface area contributed by atoms with E-state index in [0.29, 0.717) is 5.92 Å². The molecule has 1 saturated heterocycles. The molecule has 2 atom stereocenters. The molecule has 0 aliphatic carbocycles. The molecule has 25 heavy (non-hydrogen) atoms. The minimum absolute atomic E-state index is 0.0118. The maximum atomic E-state index is 12.7. The highest BCUT2D eigenvalue weighted by Gasteiger charge is 2.26. The molecule has 1 heterocycles. The van der Waals surface area contributed by atoms with Gasteiger partial charge in [0.2, 0.25) is 0 Å². The lowest BCUT2D eigenvalue weighted by Crippen LogP contribution is -2.42. The molecule has 0 radical (unpaired) electrons. The lowest BCUT2D eigenvalue weighted by molar-refractivity contribution is -0.123. The number of carbonyl (C=O) groups is 1. The average Bonchev–Trinajstić information content (AvgIpc) is 2.63. The van der Waals surface area contributed by atoms with Gasteiger partial charge in [-0.3, -0.25) is 4.79 Å². The molecule has 0 spiro atoms. The van der Waals surface area contributed by atoms with Crippen LogP contribution in [0.3, 0.4) is 0 Å². The van der Waals surface area contributed by atoms with Crippen LogP contribution in [0.1, 0.15) is 44.6 Å². The third-order valence-corrected chi connectivity index (χ3v) is 5.58. The monoisotopic (exact) mass is 411 g/mol. The summed E-state index contributed by atoms with van der Waals surface area (Å²) in [4.78, 5) is 12.7. The zero-order valence-corrected chi connectivity index (χ0v) is 16.8. The Bertz CT molecular complexity index is 526. The summed E-state index contributed by atoms with van der Waals surface area (Å²) in [5.74, 6) is 0.633. The van der Waals surface area contributed by atoms with Crippen molar-refractivity contribution in [2.75, 3.05) is 26.4 Å². The first-order valence-corrected chi connectivity index (χ1v) is 10.0. The number of halogens is 1. The van der Waals surface area contributed by atoms with Crippen LogP contribution in [0.25, 0.3) is 0 Å². The SMILES string of the molecule is CC(C)C(=O)[C@H](CCNC(CO)C1CCOCC1)c1ccc(Br)cc1. The molecule has 0 saturated carbocycles. The molecular formula is C20H30BrNO3. The van der Waals surface area contributed by atoms with Crippen molar-refractivity contribution in [1.29, 1.82) is 0 Å². The number of benzene rings is 1. The van der Waals surface area contributed by atoms with Crippen LogP contribution in [-0.4, -0.2) is 43.3 Å². The van der Waals surface area contributed by atoms with Gasteiger partial charge in [-0.15, -0.1) is 0 Å². The number of ketones is 1. The lowest BCUT2D eigenvalue weighted by atomic mass is 9.86. The minimum Gasteiger partial charge on any atom is -0.395 e. The van der Waals surface area contributed by atoms with Crippen molar-refractivity contribution in [3.8, 4) is 0 Å². The summed E-state index contributed by atoms with van der Waals surface area (Å²) < 4.78 is 6.42. The summed E-state index contributed by atoms with van der Waals surface area (Å²) in [5, 5.41) is 13.2. The van der Waals surface area contributed by atoms with Crippen molar-refractivity contribution >= 4 is 21.7 Å². The van der Waals surface area contributed by atoms with Gasteiger partial charge in [0.15, 0.2) is 0 Å². The van der Waals surface area contributed by atoms with Crippen LogP contribution in [0.15, 0.2) is 28.7 Å². The third-order valence-electron chi connectivity index (χ3n) is 5.06. The van der Waals surface area contributed by atoms with E-state index in [0.717, 1.165) is 49.1 Å². The van der Waals surface area contributed by atoms with Gasteiger partial charge in [0.25, 0.3) is 0 Å². The number of ether oxygens (including phenoxy) is 1. The van der Waals surface area contributed by atoms with Gasteiger partial charge in [0, 0.05) is 35.6 Å². The number of carbonyl (C=O) groups excluding carboxylic acids is 1. The molecule has 1 unspecified atom stereocenters. The molecule has 4 nitrogen and oxygen atoms in total. The Hall–Kier alpha value is -0.750. The molecule has 1 aliphatic heterocycles. The fourth-order valence-electron chi connectivity index (χ4n) is 3.48. The minimum atomic E-state index is -0.102. The molecule has 2 rings (SSSR count). The number of nitrogens with one attached hydrogen (secondary N) is 1. The third kappa shape index (κ3) is 6.17. The number of aliphatic hydroxyl groups excluding tert-OH is 1. The van der Waals surface area contributed by atoms with E-state index in [1.54, 1.807) is 0 Å². The van der Waals surface area contributed by atoms with E-state index in [9.17, 15) is 9.90 Å². The van der Waals surface area contributed by atoms with E-state index >= 15 is 0 Å². The van der Waals surface area contributed by atoms with E-state index in [1.807, 2.05) is 38.1 Å². The number of hydrogen-bond acceptors (Lipinski definition) is 4. The summed E-state index contributed by atoms with van der Waals surface area (Å²) in [6.07, 6.45) is 2.72. The first kappa shape index (κ1) is 20.6. The smallest absolute Gasteiger partial charge is 0.142 e. The van der Waals surface area contributed by atoms with Crippen molar-refractivity contribution in [1.82, 2.24) is 5.32 Å². The molecule has 0 amide bonds. The van der Waals surface area contributed by atoms with E-state index in [-0.39, 0.29) is 30.3 Å². The lowest BCUT2D eigenvalue weighted by Gasteiger charge is -2.30. The molecule has 5 heteroatoms. The number of hydrogen-bond donors (Lipinski definition) is 2. The van der Waals surface area contributed by atoms with Crippen molar-refractivity contribution in [3.05, 3.63) is 34.3 Å². The van der Waals surface area contributed by atoms with E-state index < -0.39 is 0 Å². The van der Waals surface area contributed by atoms with Crippen molar-refractivity contribution in [2.24, 2.45) is 11.8 Å². The molecule has 0 bridgehead atoms. The topological polar surface area (TPSA) is 58.6 Å². The Morgan fingerprint density at radius 2 is 1.92 bits per heavy atom. The highest BCUT2D eigenvalue weighted by Crippen LogP contribution is 2.26. The number of rotatable bonds is 9. The second-order valence-electron chi connectivity index (χ2n) is 7.14. The quantitative estimate of drug-likeness (QED) is 0.652. The van der Waals surface area contributed by atoms with Gasteiger partial charge in [-0.05, 0) is 49.4 Å². The van der Waals surface area contributed by atoms with Crippen LogP contribution in [0, 0.1) is 11.8 Å². The number of aliphatic hydroxyl groups is 1. The summed E-state index contributed by atoms with van der Waals surface area (Å²) in [5.41, 5.74) is 1.07. The Morgan fingerprint density at radius 3 is 2.48 bits per heavy atom. The van der Waals surface area contributed by atoms with Crippen molar-refractivity contribution in [2.45, 2.75) is 45.1 Å². The summed E-state index contributed by atoms with van der Waals surface area (Å²) in [6, 6.07) is 8.11. The fraction of sp³-hybridized carbons (Fsp3) is 0.650. The Labute approximate surface area is 159 Å². The maximum Gasteiger partial charge on any atom is 0.142 e. The number of Topliss-reactive ketones (excluding diaryl/α,β-unsaturated/α-hetero) is 1. The van der Waals surface area contributed by atoms with Crippen LogP contribution in [-0.2, 0) is 9.53 Å². The van der Waals surface area contributed by atoms with Gasteiger partial charge in [0.1, 0.15) is 5.78 Å². The van der Waals surface area contributed by atoms with Gasteiger partial charge < -0.3 is 15.2 Å². The Morgan fingerprint density at radius 1 is 1.28 bits per heavy atom. The zero-order valence-electron chi connectivity index (χ0n) is 15.2. The molecular weight excluding hydrogens is 382 g/mol. The summed E-state index contributed by atoms with van der Waals surface area (Å²) >= 11 is 3.45. The molecule has 1 aliphatic rings. The van der Waals surface area contributed by atoms with Crippen molar-refractivity contribution < 1.29 is 14.6 Å². The Balaban J connectivity index is 1.96. The highest BCUT2D eigenvalue weighted by molar-refractivity contribution is 9.10. The predicted octanol–water partition coefficient (Wildman–Crippen LogP) is 3.53. The summed E-state index contributed by atoms with van der Waals surface area (Å²) in [6.45, 7) is 6.32. The van der Waals surface area contributed by atoms with E-state index in [4.69, 9.17) is 4.74 Å². The van der Waals surface area contributed by atoms with Crippen LogP contribution in [0.2, 0.25) is 0 Å². The molecule has 1 aromatic rings. The molecule has 2 N–H and O–H groups in total. The largest absolute Gasteiger partial charge is 0.395 e. The average molecular weight is 412 g/mol. The second kappa shape index (κ2) is 10.4. The summed E-state index contributed by atoms with van der Waals surface area (Å²) in [7, 11) is 0. The zero-order chi connectivity index (χ0) is 18.2.